The van der Waals surface area contributed by atoms with Crippen LogP contribution in [-0.4, -0.2) is 68.9 Å². The minimum atomic E-state index is -0.560. The second kappa shape index (κ2) is 10.1. The largest absolute Gasteiger partial charge is 0.444 e. The minimum Gasteiger partial charge on any atom is -0.444 e. The molecular weight excluding hydrogens is 434 g/mol. The molecule has 34 heavy (non-hydrogen) atoms. The lowest BCUT2D eigenvalue weighted by atomic mass is 10.1. The molecule has 10 nitrogen and oxygen atoms in total. The Kier molecular flexibility index (Phi) is 6.97. The molecule has 10 heteroatoms. The fourth-order valence-corrected chi connectivity index (χ4v) is 3.64. The quantitative estimate of drug-likeness (QED) is 0.568. The molecule has 1 unspecified atom stereocenters. The number of aryl methyl sites for hydroxylation is 1. The Labute approximate surface area is 199 Å². The normalized spacial score (nSPS) is 16.2. The maximum atomic E-state index is 12.8. The van der Waals surface area contributed by atoms with Gasteiger partial charge in [0.05, 0.1) is 36.8 Å². The number of nitrogens with one attached hydrogen (secondary N) is 2. The Bertz CT molecular complexity index is 1110. The highest BCUT2D eigenvalue weighted by atomic mass is 16.6. The van der Waals surface area contributed by atoms with Gasteiger partial charge in [0, 0.05) is 38.0 Å². The molecule has 180 valence electrons. The lowest BCUT2D eigenvalue weighted by Crippen LogP contribution is -2.53. The highest BCUT2D eigenvalue weighted by Crippen LogP contribution is 2.28. The van der Waals surface area contributed by atoms with Crippen molar-refractivity contribution < 1.29 is 14.3 Å². The number of nitrogens with zero attached hydrogens (tertiary/aromatic N) is 5. The minimum absolute atomic E-state index is 0.185. The summed E-state index contributed by atoms with van der Waals surface area (Å²) < 4.78 is 13.0. The van der Waals surface area contributed by atoms with E-state index in [-0.39, 0.29) is 12.1 Å². The number of rotatable bonds is 6. The number of aromatic nitrogens is 4. The van der Waals surface area contributed by atoms with E-state index < -0.39 is 5.60 Å². The van der Waals surface area contributed by atoms with Crippen LogP contribution in [0.5, 0.6) is 0 Å². The summed E-state index contributed by atoms with van der Waals surface area (Å²) in [6.45, 7) is 7.46. The Morgan fingerprint density at radius 1 is 1.24 bits per heavy atom. The van der Waals surface area contributed by atoms with Gasteiger partial charge in [0.25, 0.3) is 0 Å². The van der Waals surface area contributed by atoms with E-state index in [9.17, 15) is 4.79 Å². The summed E-state index contributed by atoms with van der Waals surface area (Å²) in [7, 11) is 1.85. The van der Waals surface area contributed by atoms with Crippen LogP contribution < -0.4 is 10.6 Å². The van der Waals surface area contributed by atoms with Crippen molar-refractivity contribution in [2.45, 2.75) is 32.4 Å². The van der Waals surface area contributed by atoms with Crippen LogP contribution in [0.25, 0.3) is 11.3 Å². The number of carbonyl (C=O) groups excluding carboxylic acids is 1. The van der Waals surface area contributed by atoms with Gasteiger partial charge in [-0.15, -0.1) is 10.2 Å². The molecule has 2 N–H and O–H groups in total. The molecular formula is C24H31N7O3. The number of morpholine rings is 1. The summed E-state index contributed by atoms with van der Waals surface area (Å²) in [4.78, 5) is 14.5. The molecule has 1 atom stereocenters. The van der Waals surface area contributed by atoms with Crippen LogP contribution in [0, 0.1) is 0 Å². The van der Waals surface area contributed by atoms with E-state index in [0.29, 0.717) is 32.1 Å². The van der Waals surface area contributed by atoms with Crippen molar-refractivity contribution in [1.82, 2.24) is 24.9 Å². The van der Waals surface area contributed by atoms with Crippen LogP contribution in [-0.2, 0) is 16.5 Å². The molecule has 1 aliphatic heterocycles. The van der Waals surface area contributed by atoms with Gasteiger partial charge in [-0.2, -0.15) is 5.10 Å². The Morgan fingerprint density at radius 3 is 2.74 bits per heavy atom. The van der Waals surface area contributed by atoms with Gasteiger partial charge < -0.3 is 20.1 Å². The van der Waals surface area contributed by atoms with Gasteiger partial charge in [-0.05, 0) is 20.8 Å². The van der Waals surface area contributed by atoms with Gasteiger partial charge >= 0.3 is 6.09 Å². The molecule has 2 aromatic heterocycles. The first-order valence-electron chi connectivity index (χ1n) is 11.3. The maximum absolute atomic E-state index is 12.8. The van der Waals surface area contributed by atoms with Gasteiger partial charge in [-0.25, -0.2) is 4.79 Å². The molecule has 0 bridgehead atoms. The fourth-order valence-electron chi connectivity index (χ4n) is 3.64. The van der Waals surface area contributed by atoms with Gasteiger partial charge in [0.15, 0.2) is 5.82 Å². The summed E-state index contributed by atoms with van der Waals surface area (Å²) in [6.07, 6.45) is 3.24. The number of carbonyl (C=O) groups is 1. The van der Waals surface area contributed by atoms with E-state index in [0.717, 1.165) is 22.6 Å². The van der Waals surface area contributed by atoms with Crippen LogP contribution in [0.1, 0.15) is 20.8 Å². The predicted molar refractivity (Wildman–Crippen MR) is 130 cm³/mol. The number of hydrogen-bond donors (Lipinski definition) is 2. The smallest absolute Gasteiger partial charge is 0.410 e. The zero-order valence-electron chi connectivity index (χ0n) is 20.0. The monoisotopic (exact) mass is 465 g/mol. The number of anilines is 3. The average Bonchev–Trinajstić information content (AvgIpc) is 3.22. The van der Waals surface area contributed by atoms with E-state index in [1.54, 1.807) is 15.8 Å². The van der Waals surface area contributed by atoms with Gasteiger partial charge in [0.2, 0.25) is 0 Å². The molecule has 3 aromatic rings. The van der Waals surface area contributed by atoms with Crippen LogP contribution >= 0.6 is 0 Å². The lowest BCUT2D eigenvalue weighted by Gasteiger charge is -2.36. The topological polar surface area (TPSA) is 106 Å². The zero-order chi connectivity index (χ0) is 24.1. The number of ether oxygens (including phenoxy) is 2. The third-order valence-corrected chi connectivity index (χ3v) is 5.20. The molecule has 4 rings (SSSR count). The lowest BCUT2D eigenvalue weighted by molar-refractivity contribution is -0.0290. The highest BCUT2D eigenvalue weighted by molar-refractivity contribution is 5.76. The Morgan fingerprint density at radius 2 is 2.03 bits per heavy atom. The third-order valence-electron chi connectivity index (χ3n) is 5.20. The van der Waals surface area contributed by atoms with Crippen molar-refractivity contribution in [2.75, 3.05) is 36.9 Å². The number of hydrogen-bond acceptors (Lipinski definition) is 8. The maximum Gasteiger partial charge on any atom is 0.410 e. The summed E-state index contributed by atoms with van der Waals surface area (Å²) in [6, 6.07) is 11.6. The van der Waals surface area contributed by atoms with Crippen LogP contribution in [0.3, 0.4) is 0 Å². The molecule has 1 aromatic carbocycles. The summed E-state index contributed by atoms with van der Waals surface area (Å²) in [5.74, 6) is 0.582. The molecule has 1 amide bonds. The molecule has 0 saturated carbocycles. The van der Waals surface area contributed by atoms with Gasteiger partial charge in [-0.3, -0.25) is 9.58 Å². The Hall–Kier alpha value is -3.66. The molecule has 1 fully saturated rings. The summed E-state index contributed by atoms with van der Waals surface area (Å²) in [5, 5.41) is 19.7. The molecule has 1 aliphatic rings. The standard InChI is InChI=1S/C24H31N7O3/c1-24(2,3)34-23(32)31-10-11-33-16-19(31)14-25-20-12-21(27-18-13-26-30(4)15-18)28-29-22(20)17-8-6-5-7-9-17/h5-9,12-13,15,19H,10-11,14,16H2,1-4H3,(H2,25,27,28). The van der Waals surface area contributed by atoms with Crippen molar-refractivity contribution in [3.8, 4) is 11.3 Å². The second-order valence-corrected chi connectivity index (χ2v) is 9.17. The van der Waals surface area contributed by atoms with Gasteiger partial charge in [-0.1, -0.05) is 30.3 Å². The van der Waals surface area contributed by atoms with Crippen molar-refractivity contribution in [3.05, 3.63) is 48.8 Å². The molecule has 3 heterocycles. The average molecular weight is 466 g/mol. The SMILES string of the molecule is Cn1cc(Nc2cc(NCC3COCCN3C(=O)OC(C)(C)C)c(-c3ccccc3)nn2)cn1. The zero-order valence-corrected chi connectivity index (χ0v) is 20.0. The Balaban J connectivity index is 1.55. The molecule has 1 saturated heterocycles. The third kappa shape index (κ3) is 6.02. The van der Waals surface area contributed by atoms with Gasteiger partial charge in [0.1, 0.15) is 11.3 Å². The number of amides is 1. The molecule has 0 spiro atoms. The van der Waals surface area contributed by atoms with E-state index in [1.165, 1.54) is 0 Å². The molecule has 0 aliphatic carbocycles. The first-order chi connectivity index (χ1) is 16.3. The van der Waals surface area contributed by atoms with Crippen LogP contribution in [0.15, 0.2) is 48.8 Å². The summed E-state index contributed by atoms with van der Waals surface area (Å²) in [5.41, 5.74) is 2.71. The van der Waals surface area contributed by atoms with Crippen molar-refractivity contribution in [3.63, 3.8) is 0 Å². The number of benzene rings is 1. The first-order valence-corrected chi connectivity index (χ1v) is 11.3. The van der Waals surface area contributed by atoms with Crippen molar-refractivity contribution >= 4 is 23.3 Å². The summed E-state index contributed by atoms with van der Waals surface area (Å²) >= 11 is 0. The van der Waals surface area contributed by atoms with Crippen molar-refractivity contribution in [2.24, 2.45) is 7.05 Å². The second-order valence-electron chi connectivity index (χ2n) is 9.17. The first kappa shape index (κ1) is 23.5. The predicted octanol–water partition coefficient (Wildman–Crippen LogP) is 3.67. The highest BCUT2D eigenvalue weighted by Gasteiger charge is 2.31. The van der Waals surface area contributed by atoms with Crippen LogP contribution in [0.4, 0.5) is 22.0 Å². The van der Waals surface area contributed by atoms with E-state index in [4.69, 9.17) is 9.47 Å². The van der Waals surface area contributed by atoms with Crippen LogP contribution in [0.2, 0.25) is 0 Å². The fraction of sp³-hybridized carbons (Fsp3) is 0.417. The van der Waals surface area contributed by atoms with E-state index in [2.05, 4.69) is 25.9 Å². The van der Waals surface area contributed by atoms with Crippen molar-refractivity contribution in [1.29, 1.82) is 0 Å². The molecule has 0 radical (unpaired) electrons. The van der Waals surface area contributed by atoms with E-state index in [1.807, 2.05) is 70.4 Å². The van der Waals surface area contributed by atoms with E-state index >= 15 is 0 Å².